The van der Waals surface area contributed by atoms with E-state index < -0.39 is 6.10 Å². The van der Waals surface area contributed by atoms with Crippen molar-refractivity contribution in [2.24, 2.45) is 0 Å². The minimum atomic E-state index is -0.545. The van der Waals surface area contributed by atoms with Crippen LogP contribution < -0.4 is 4.90 Å². The van der Waals surface area contributed by atoms with Gasteiger partial charge in [-0.3, -0.25) is 4.79 Å². The van der Waals surface area contributed by atoms with Crippen LogP contribution in [-0.2, 0) is 9.53 Å². The van der Waals surface area contributed by atoms with E-state index in [9.17, 15) is 4.79 Å². The van der Waals surface area contributed by atoms with Crippen molar-refractivity contribution in [2.75, 3.05) is 38.2 Å². The molecule has 25 heavy (non-hydrogen) atoms. The van der Waals surface area contributed by atoms with Gasteiger partial charge in [-0.1, -0.05) is 30.3 Å². The van der Waals surface area contributed by atoms with E-state index in [1.54, 1.807) is 7.11 Å². The molecule has 6 heteroatoms. The fraction of sp³-hybridized carbons (Fsp3) is 0.421. The van der Waals surface area contributed by atoms with Crippen LogP contribution in [-0.4, -0.2) is 54.1 Å². The minimum absolute atomic E-state index is 0.0170. The fourth-order valence-electron chi connectivity index (χ4n) is 3.19. The zero-order valence-electron chi connectivity index (χ0n) is 15.0. The van der Waals surface area contributed by atoms with Gasteiger partial charge in [-0.25, -0.2) is 9.97 Å². The molecule has 1 fully saturated rings. The molecular formula is C19H24N4O2. The molecule has 0 radical (unpaired) electrons. The summed E-state index contributed by atoms with van der Waals surface area (Å²) in [5.41, 5.74) is 1.85. The highest BCUT2D eigenvalue weighted by molar-refractivity contribution is 5.82. The van der Waals surface area contributed by atoms with Gasteiger partial charge in [-0.2, -0.15) is 0 Å². The van der Waals surface area contributed by atoms with Crippen LogP contribution in [0.4, 0.5) is 5.82 Å². The number of methoxy groups -OCH3 is 1. The van der Waals surface area contributed by atoms with Gasteiger partial charge in [0.25, 0.3) is 5.91 Å². The summed E-state index contributed by atoms with van der Waals surface area (Å²) in [5, 5.41) is 0. The van der Waals surface area contributed by atoms with Gasteiger partial charge in [0.05, 0.1) is 0 Å². The lowest BCUT2D eigenvalue weighted by Gasteiger charge is -2.36. The second-order valence-electron chi connectivity index (χ2n) is 6.25. The van der Waals surface area contributed by atoms with Crippen LogP contribution in [0.5, 0.6) is 0 Å². The number of aromatic nitrogens is 2. The average Bonchev–Trinajstić information content (AvgIpc) is 2.62. The predicted octanol–water partition coefficient (Wildman–Crippen LogP) is 2.13. The van der Waals surface area contributed by atoms with Crippen LogP contribution in [0, 0.1) is 13.8 Å². The Morgan fingerprint density at radius 3 is 2.36 bits per heavy atom. The lowest BCUT2D eigenvalue weighted by atomic mass is 10.1. The first-order chi connectivity index (χ1) is 12.1. The molecule has 0 bridgehead atoms. The van der Waals surface area contributed by atoms with E-state index in [4.69, 9.17) is 4.74 Å². The Morgan fingerprint density at radius 1 is 1.08 bits per heavy atom. The molecule has 0 spiro atoms. The summed E-state index contributed by atoms with van der Waals surface area (Å²) < 4.78 is 5.47. The number of anilines is 1. The van der Waals surface area contributed by atoms with Crippen LogP contribution in [0.25, 0.3) is 0 Å². The Morgan fingerprint density at radius 2 is 1.76 bits per heavy atom. The SMILES string of the molecule is CO[C@@H](C(=O)N1CCN(c2cc(C)nc(C)n2)CC1)c1ccccc1. The molecule has 6 nitrogen and oxygen atoms in total. The van der Waals surface area contributed by atoms with Crippen molar-refractivity contribution in [3.05, 3.63) is 53.5 Å². The van der Waals surface area contributed by atoms with Crippen molar-refractivity contribution in [3.63, 3.8) is 0 Å². The van der Waals surface area contributed by atoms with Crippen LogP contribution in [0.2, 0.25) is 0 Å². The van der Waals surface area contributed by atoms with Gasteiger partial charge < -0.3 is 14.5 Å². The molecule has 2 heterocycles. The molecule has 132 valence electrons. The second kappa shape index (κ2) is 7.61. The number of amides is 1. The Kier molecular flexibility index (Phi) is 5.28. The minimum Gasteiger partial charge on any atom is -0.367 e. The van der Waals surface area contributed by atoms with E-state index >= 15 is 0 Å². The maximum Gasteiger partial charge on any atom is 0.256 e. The summed E-state index contributed by atoms with van der Waals surface area (Å²) in [5.74, 6) is 1.73. The summed E-state index contributed by atoms with van der Waals surface area (Å²) >= 11 is 0. The summed E-state index contributed by atoms with van der Waals surface area (Å²) in [6.45, 7) is 6.71. The molecule has 0 N–H and O–H groups in total. The first kappa shape index (κ1) is 17.4. The number of carbonyl (C=O) groups excluding carboxylic acids is 1. The van der Waals surface area contributed by atoms with Gasteiger partial charge in [0.1, 0.15) is 11.6 Å². The molecule has 1 aliphatic rings. The first-order valence-electron chi connectivity index (χ1n) is 8.52. The zero-order valence-corrected chi connectivity index (χ0v) is 15.0. The Labute approximate surface area is 148 Å². The van der Waals surface area contributed by atoms with Crippen LogP contribution in [0.15, 0.2) is 36.4 Å². The summed E-state index contributed by atoms with van der Waals surface area (Å²) in [7, 11) is 1.58. The lowest BCUT2D eigenvalue weighted by molar-refractivity contribution is -0.142. The third-order valence-corrected chi connectivity index (χ3v) is 4.43. The van der Waals surface area contributed by atoms with Crippen molar-refractivity contribution in [1.29, 1.82) is 0 Å². The molecule has 1 saturated heterocycles. The Bertz CT molecular complexity index is 707. The fourth-order valence-corrected chi connectivity index (χ4v) is 3.19. The standard InChI is InChI=1S/C19H24N4O2/c1-14-13-17(21-15(2)20-14)22-9-11-23(12-10-22)19(24)18(25-3)16-7-5-4-6-8-16/h4-8,13,18H,9-12H2,1-3H3/t18-/m1/s1. The third-order valence-electron chi connectivity index (χ3n) is 4.43. The lowest BCUT2D eigenvalue weighted by Crippen LogP contribution is -2.50. The van der Waals surface area contributed by atoms with E-state index in [2.05, 4.69) is 14.9 Å². The van der Waals surface area contributed by atoms with Gasteiger partial charge in [-0.05, 0) is 19.4 Å². The number of carbonyl (C=O) groups is 1. The largest absolute Gasteiger partial charge is 0.367 e. The van der Waals surface area contributed by atoms with Crippen molar-refractivity contribution in [2.45, 2.75) is 20.0 Å². The molecule has 3 rings (SSSR count). The number of benzene rings is 1. The van der Waals surface area contributed by atoms with E-state index in [0.29, 0.717) is 13.1 Å². The topological polar surface area (TPSA) is 58.6 Å². The maximum atomic E-state index is 12.8. The van der Waals surface area contributed by atoms with Crippen molar-refractivity contribution in [1.82, 2.24) is 14.9 Å². The second-order valence-corrected chi connectivity index (χ2v) is 6.25. The predicted molar refractivity (Wildman–Crippen MR) is 96.5 cm³/mol. The number of ether oxygens (including phenoxy) is 1. The highest BCUT2D eigenvalue weighted by Gasteiger charge is 2.29. The first-order valence-corrected chi connectivity index (χ1v) is 8.52. The van der Waals surface area contributed by atoms with Crippen LogP contribution in [0.1, 0.15) is 23.2 Å². The molecule has 1 aliphatic heterocycles. The molecule has 1 atom stereocenters. The molecule has 1 aromatic heterocycles. The third kappa shape index (κ3) is 3.96. The highest BCUT2D eigenvalue weighted by Crippen LogP contribution is 2.21. The molecule has 0 unspecified atom stereocenters. The van der Waals surface area contributed by atoms with Gasteiger partial charge in [0.2, 0.25) is 0 Å². The van der Waals surface area contributed by atoms with E-state index in [0.717, 1.165) is 36.0 Å². The average molecular weight is 340 g/mol. The number of hydrogen-bond acceptors (Lipinski definition) is 5. The monoisotopic (exact) mass is 340 g/mol. The number of nitrogens with zero attached hydrogens (tertiary/aromatic N) is 4. The molecule has 1 amide bonds. The summed E-state index contributed by atoms with van der Waals surface area (Å²) in [4.78, 5) is 25.8. The van der Waals surface area contributed by atoms with Crippen LogP contribution in [0.3, 0.4) is 0 Å². The van der Waals surface area contributed by atoms with Crippen molar-refractivity contribution < 1.29 is 9.53 Å². The van der Waals surface area contributed by atoms with Crippen LogP contribution >= 0.6 is 0 Å². The van der Waals surface area contributed by atoms with E-state index in [1.165, 1.54) is 0 Å². The number of piperazine rings is 1. The summed E-state index contributed by atoms with van der Waals surface area (Å²) in [6, 6.07) is 11.6. The zero-order chi connectivity index (χ0) is 17.8. The van der Waals surface area contributed by atoms with Gasteiger partial charge in [0.15, 0.2) is 6.10 Å². The van der Waals surface area contributed by atoms with Crippen molar-refractivity contribution >= 4 is 11.7 Å². The Balaban J connectivity index is 1.66. The molecular weight excluding hydrogens is 316 g/mol. The molecule has 1 aromatic carbocycles. The normalized spacial score (nSPS) is 16.0. The van der Waals surface area contributed by atoms with E-state index in [1.807, 2.05) is 55.1 Å². The quantitative estimate of drug-likeness (QED) is 0.853. The van der Waals surface area contributed by atoms with Gasteiger partial charge >= 0.3 is 0 Å². The van der Waals surface area contributed by atoms with Gasteiger partial charge in [0, 0.05) is 45.0 Å². The Hall–Kier alpha value is -2.47. The summed E-state index contributed by atoms with van der Waals surface area (Å²) in [6.07, 6.45) is -0.545. The van der Waals surface area contributed by atoms with E-state index in [-0.39, 0.29) is 5.91 Å². The van der Waals surface area contributed by atoms with Gasteiger partial charge in [-0.15, -0.1) is 0 Å². The highest BCUT2D eigenvalue weighted by atomic mass is 16.5. The number of hydrogen-bond donors (Lipinski definition) is 0. The molecule has 0 saturated carbocycles. The number of aryl methyl sites for hydroxylation is 2. The molecule has 2 aromatic rings. The maximum absolute atomic E-state index is 12.8. The van der Waals surface area contributed by atoms with Crippen molar-refractivity contribution in [3.8, 4) is 0 Å². The molecule has 0 aliphatic carbocycles. The smallest absolute Gasteiger partial charge is 0.256 e. The number of rotatable bonds is 4.